The van der Waals surface area contributed by atoms with Gasteiger partial charge in [-0.1, -0.05) is 12.1 Å². The van der Waals surface area contributed by atoms with E-state index < -0.39 is 21.5 Å². The minimum absolute atomic E-state index is 0.00235. The van der Waals surface area contributed by atoms with Crippen LogP contribution >= 0.6 is 0 Å². The van der Waals surface area contributed by atoms with Crippen LogP contribution in [0.25, 0.3) is 33.4 Å². The summed E-state index contributed by atoms with van der Waals surface area (Å²) in [5, 5.41) is 0. The van der Waals surface area contributed by atoms with E-state index >= 15 is 8.78 Å². The Labute approximate surface area is 261 Å². The van der Waals surface area contributed by atoms with Gasteiger partial charge >= 0.3 is 0 Å². The van der Waals surface area contributed by atoms with Crippen molar-refractivity contribution in [3.05, 3.63) is 71.9 Å². The Bertz CT molecular complexity index is 1750. The van der Waals surface area contributed by atoms with Gasteiger partial charge in [0, 0.05) is 56.0 Å². The SMILES string of the molecule is COc1cc(-c2cnc3cccc(-c4cc(F)c(CN5CCS(=O)(=O)CC5)c(F)c4)c3n2)ccc1OCCCN1CCOCC1. The summed E-state index contributed by atoms with van der Waals surface area (Å²) in [4.78, 5) is 13.6. The van der Waals surface area contributed by atoms with Gasteiger partial charge in [0.15, 0.2) is 21.3 Å². The first-order valence-electron chi connectivity index (χ1n) is 15.1. The fourth-order valence-corrected chi connectivity index (χ4v) is 6.96. The molecule has 0 spiro atoms. The third kappa shape index (κ3) is 7.41. The van der Waals surface area contributed by atoms with Gasteiger partial charge in [-0.15, -0.1) is 0 Å². The van der Waals surface area contributed by atoms with E-state index in [1.807, 2.05) is 18.2 Å². The van der Waals surface area contributed by atoms with Crippen LogP contribution in [-0.4, -0.2) is 99.3 Å². The van der Waals surface area contributed by atoms with Gasteiger partial charge < -0.3 is 14.2 Å². The molecule has 3 heterocycles. The van der Waals surface area contributed by atoms with E-state index in [0.717, 1.165) is 44.8 Å². The molecule has 0 aliphatic carbocycles. The van der Waals surface area contributed by atoms with Crippen molar-refractivity contribution in [1.29, 1.82) is 0 Å². The van der Waals surface area contributed by atoms with Crippen molar-refractivity contribution in [1.82, 2.24) is 19.8 Å². The Kier molecular flexibility index (Phi) is 9.55. The van der Waals surface area contributed by atoms with Crippen LogP contribution in [0.2, 0.25) is 0 Å². The van der Waals surface area contributed by atoms with Gasteiger partial charge in [0.25, 0.3) is 0 Å². The van der Waals surface area contributed by atoms with Crippen molar-refractivity contribution in [2.75, 3.05) is 71.2 Å². The number of methoxy groups -OCH3 is 1. The molecule has 0 amide bonds. The van der Waals surface area contributed by atoms with Gasteiger partial charge in [-0.25, -0.2) is 22.2 Å². The number of fused-ring (bicyclic) bond motifs is 1. The van der Waals surface area contributed by atoms with Crippen molar-refractivity contribution in [2.45, 2.75) is 13.0 Å². The molecule has 2 fully saturated rings. The number of benzene rings is 3. The summed E-state index contributed by atoms with van der Waals surface area (Å²) in [5.74, 6) is -0.199. The lowest BCUT2D eigenvalue weighted by Gasteiger charge is -2.26. The van der Waals surface area contributed by atoms with Crippen molar-refractivity contribution in [3.63, 3.8) is 0 Å². The predicted octanol–water partition coefficient (Wildman–Crippen LogP) is 4.58. The molecule has 45 heavy (non-hydrogen) atoms. The number of sulfone groups is 1. The summed E-state index contributed by atoms with van der Waals surface area (Å²) in [6, 6.07) is 13.5. The molecule has 4 aromatic rings. The van der Waals surface area contributed by atoms with Gasteiger partial charge in [0.05, 0.1) is 61.4 Å². The van der Waals surface area contributed by atoms with Crippen molar-refractivity contribution in [2.24, 2.45) is 0 Å². The lowest BCUT2D eigenvalue weighted by atomic mass is 10.0. The first-order chi connectivity index (χ1) is 21.8. The number of ether oxygens (including phenoxy) is 3. The molecule has 0 atom stereocenters. The number of rotatable bonds is 10. The van der Waals surface area contributed by atoms with E-state index in [9.17, 15) is 8.42 Å². The predicted molar refractivity (Wildman–Crippen MR) is 168 cm³/mol. The van der Waals surface area contributed by atoms with Crippen LogP contribution in [0.3, 0.4) is 0 Å². The third-order valence-electron chi connectivity index (χ3n) is 8.28. The highest BCUT2D eigenvalue weighted by Gasteiger charge is 2.24. The number of hydrogen-bond acceptors (Lipinski definition) is 9. The summed E-state index contributed by atoms with van der Waals surface area (Å²) in [6.07, 6.45) is 2.54. The molecule has 0 unspecified atom stereocenters. The molecule has 0 bridgehead atoms. The van der Waals surface area contributed by atoms with Crippen LogP contribution in [0, 0.1) is 11.6 Å². The first-order valence-corrected chi connectivity index (χ1v) is 16.9. The van der Waals surface area contributed by atoms with Gasteiger partial charge in [0.1, 0.15) is 11.6 Å². The van der Waals surface area contributed by atoms with Crippen LogP contribution in [0.15, 0.2) is 54.7 Å². The molecule has 1 aromatic heterocycles. The van der Waals surface area contributed by atoms with Gasteiger partial charge in [-0.2, -0.15) is 0 Å². The largest absolute Gasteiger partial charge is 0.493 e. The van der Waals surface area contributed by atoms with E-state index in [0.29, 0.717) is 46.0 Å². The smallest absolute Gasteiger partial charge is 0.161 e. The van der Waals surface area contributed by atoms with Crippen molar-refractivity contribution >= 4 is 20.9 Å². The minimum Gasteiger partial charge on any atom is -0.493 e. The molecule has 2 saturated heterocycles. The molecule has 0 radical (unpaired) electrons. The molecule has 3 aromatic carbocycles. The van der Waals surface area contributed by atoms with Crippen LogP contribution < -0.4 is 9.47 Å². The number of morpholine rings is 1. The third-order valence-corrected chi connectivity index (χ3v) is 9.89. The molecule has 238 valence electrons. The zero-order valence-corrected chi connectivity index (χ0v) is 26.0. The maximum absolute atomic E-state index is 15.3. The summed E-state index contributed by atoms with van der Waals surface area (Å²) < 4.78 is 71.2. The van der Waals surface area contributed by atoms with E-state index in [1.54, 1.807) is 36.4 Å². The molecule has 0 N–H and O–H groups in total. The summed E-state index contributed by atoms with van der Waals surface area (Å²) in [6.45, 7) is 5.42. The number of halogens is 2. The average Bonchev–Trinajstić information content (AvgIpc) is 3.05. The molecule has 6 rings (SSSR count). The Morgan fingerprint density at radius 3 is 2.40 bits per heavy atom. The number of para-hydroxylation sites is 1. The zero-order chi connectivity index (χ0) is 31.4. The Morgan fingerprint density at radius 1 is 0.911 bits per heavy atom. The first kappa shape index (κ1) is 31.3. The van der Waals surface area contributed by atoms with Crippen LogP contribution in [0.1, 0.15) is 12.0 Å². The van der Waals surface area contributed by atoms with Crippen LogP contribution in [0.5, 0.6) is 11.5 Å². The van der Waals surface area contributed by atoms with Crippen LogP contribution in [-0.2, 0) is 21.1 Å². The summed E-state index contributed by atoms with van der Waals surface area (Å²) in [5.41, 5.74) is 3.22. The minimum atomic E-state index is -3.09. The van der Waals surface area contributed by atoms with E-state index in [4.69, 9.17) is 19.2 Å². The molecular formula is C33H36F2N4O5S. The fraction of sp³-hybridized carbons (Fsp3) is 0.394. The highest BCUT2D eigenvalue weighted by molar-refractivity contribution is 7.91. The average molecular weight is 639 g/mol. The van der Waals surface area contributed by atoms with Gasteiger partial charge in [0.2, 0.25) is 0 Å². The number of nitrogens with zero attached hydrogens (tertiary/aromatic N) is 4. The monoisotopic (exact) mass is 638 g/mol. The van der Waals surface area contributed by atoms with E-state index in [2.05, 4.69) is 9.88 Å². The molecule has 2 aliphatic rings. The van der Waals surface area contributed by atoms with E-state index in [-0.39, 0.29) is 36.7 Å². The standard InChI is InChI=1S/C33H36F2N4O5S/c1-42-32-20-23(6-7-31(32)44-13-3-8-38-9-14-43-15-10-38)30-21-36-29-5-2-4-25(33(29)37-30)24-18-27(34)26(28(35)19-24)22-39-11-16-45(40,41)17-12-39/h2,4-7,18-21H,3,8-17,22H2,1H3. The second kappa shape index (κ2) is 13.7. The van der Waals surface area contributed by atoms with Gasteiger partial charge in [-0.3, -0.25) is 14.8 Å². The van der Waals surface area contributed by atoms with Gasteiger partial charge in [-0.05, 0) is 48.4 Å². The maximum Gasteiger partial charge on any atom is 0.161 e. The summed E-state index contributed by atoms with van der Waals surface area (Å²) in [7, 11) is -1.50. The Hall–Kier alpha value is -3.71. The van der Waals surface area contributed by atoms with Crippen molar-refractivity contribution in [3.8, 4) is 33.9 Å². The molecule has 0 saturated carbocycles. The second-order valence-corrected chi connectivity index (χ2v) is 13.6. The Morgan fingerprint density at radius 2 is 1.67 bits per heavy atom. The van der Waals surface area contributed by atoms with Crippen LogP contribution in [0.4, 0.5) is 8.78 Å². The quantitative estimate of drug-likeness (QED) is 0.232. The zero-order valence-electron chi connectivity index (χ0n) is 25.2. The fourth-order valence-electron chi connectivity index (χ4n) is 5.69. The van der Waals surface area contributed by atoms with Crippen molar-refractivity contribution < 1.29 is 31.4 Å². The number of hydrogen-bond donors (Lipinski definition) is 0. The van der Waals surface area contributed by atoms with E-state index in [1.165, 1.54) is 12.1 Å². The highest BCUT2D eigenvalue weighted by Crippen LogP contribution is 2.34. The Balaban J connectivity index is 1.21. The summed E-state index contributed by atoms with van der Waals surface area (Å²) >= 11 is 0. The normalized spacial score (nSPS) is 17.4. The molecule has 2 aliphatic heterocycles. The maximum atomic E-state index is 15.3. The lowest BCUT2D eigenvalue weighted by molar-refractivity contribution is 0.0357. The molecule has 12 heteroatoms. The topological polar surface area (TPSA) is 94.1 Å². The molecule has 9 nitrogen and oxygen atoms in total. The number of aromatic nitrogens is 2. The highest BCUT2D eigenvalue weighted by atomic mass is 32.2. The molecular weight excluding hydrogens is 602 g/mol. The lowest BCUT2D eigenvalue weighted by Crippen LogP contribution is -2.40. The second-order valence-electron chi connectivity index (χ2n) is 11.3.